The summed E-state index contributed by atoms with van der Waals surface area (Å²) in [5.41, 5.74) is 0. The third-order valence-electron chi connectivity index (χ3n) is 3.61. The zero-order chi connectivity index (χ0) is 11.5. The highest BCUT2D eigenvalue weighted by atomic mass is 32.2. The van der Waals surface area contributed by atoms with Crippen molar-refractivity contribution in [3.05, 3.63) is 11.7 Å². The predicted molar refractivity (Wildman–Crippen MR) is 68.1 cm³/mol. The highest BCUT2D eigenvalue weighted by molar-refractivity contribution is 7.99. The van der Waals surface area contributed by atoms with Gasteiger partial charge in [0.1, 0.15) is 0 Å². The number of nitrogens with zero attached hydrogens (tertiary/aromatic N) is 2. The van der Waals surface area contributed by atoms with E-state index in [-0.39, 0.29) is 0 Å². The van der Waals surface area contributed by atoms with Crippen molar-refractivity contribution in [2.24, 2.45) is 0 Å². The van der Waals surface area contributed by atoms with Crippen molar-refractivity contribution < 1.29 is 4.52 Å². The molecule has 2 aliphatic rings. The van der Waals surface area contributed by atoms with Crippen LogP contribution in [0.25, 0.3) is 0 Å². The molecule has 2 heterocycles. The molecule has 5 heteroatoms. The van der Waals surface area contributed by atoms with Crippen molar-refractivity contribution in [1.29, 1.82) is 0 Å². The lowest BCUT2D eigenvalue weighted by Crippen LogP contribution is -2.40. The second-order valence-corrected chi connectivity index (χ2v) is 6.26. The topological polar surface area (TPSA) is 51.0 Å². The Kier molecular flexibility index (Phi) is 3.66. The molecular weight excluding hydrogens is 234 g/mol. The summed E-state index contributed by atoms with van der Waals surface area (Å²) in [4.78, 5) is 4.48. The molecule has 0 unspecified atom stereocenters. The van der Waals surface area contributed by atoms with Gasteiger partial charge in [0, 0.05) is 18.3 Å². The summed E-state index contributed by atoms with van der Waals surface area (Å²) >= 11 is 2.00. The van der Waals surface area contributed by atoms with Crippen LogP contribution in [0.2, 0.25) is 0 Å². The average molecular weight is 253 g/mol. The van der Waals surface area contributed by atoms with Gasteiger partial charge in [0.05, 0.1) is 11.7 Å². The Morgan fingerprint density at radius 3 is 2.76 bits per heavy atom. The molecule has 0 spiro atoms. The molecule has 1 aromatic rings. The fourth-order valence-electron chi connectivity index (χ4n) is 2.38. The van der Waals surface area contributed by atoms with Crippen molar-refractivity contribution in [2.45, 2.75) is 49.0 Å². The average Bonchev–Trinajstić information content (AvgIpc) is 2.74. The number of hydrogen-bond acceptors (Lipinski definition) is 5. The lowest BCUT2D eigenvalue weighted by atomic mass is 10.0. The van der Waals surface area contributed by atoms with Crippen molar-refractivity contribution in [3.8, 4) is 0 Å². The van der Waals surface area contributed by atoms with E-state index in [0.717, 1.165) is 35.8 Å². The lowest BCUT2D eigenvalue weighted by molar-refractivity contribution is 0.306. The van der Waals surface area contributed by atoms with Gasteiger partial charge in [-0.15, -0.1) is 0 Å². The van der Waals surface area contributed by atoms with Gasteiger partial charge in [0.15, 0.2) is 5.82 Å². The summed E-state index contributed by atoms with van der Waals surface area (Å²) in [6.45, 7) is 1.97. The maximum absolute atomic E-state index is 5.29. The zero-order valence-electron chi connectivity index (χ0n) is 10.0. The third kappa shape index (κ3) is 2.83. The Morgan fingerprint density at radius 2 is 2.06 bits per heavy atom. The fourth-order valence-corrected chi connectivity index (χ4v) is 3.55. The molecule has 1 aliphatic carbocycles. The van der Waals surface area contributed by atoms with E-state index < -0.39 is 0 Å². The molecule has 17 heavy (non-hydrogen) atoms. The first kappa shape index (κ1) is 11.5. The Morgan fingerprint density at radius 1 is 1.24 bits per heavy atom. The van der Waals surface area contributed by atoms with Gasteiger partial charge in [0.25, 0.3) is 0 Å². The third-order valence-corrected chi connectivity index (χ3v) is 4.98. The van der Waals surface area contributed by atoms with Crippen molar-refractivity contribution >= 4 is 11.8 Å². The van der Waals surface area contributed by atoms with E-state index in [1.165, 1.54) is 32.1 Å². The Hall–Kier alpha value is -0.550. The van der Waals surface area contributed by atoms with Crippen LogP contribution in [0.3, 0.4) is 0 Å². The van der Waals surface area contributed by atoms with Crippen molar-refractivity contribution in [1.82, 2.24) is 15.5 Å². The van der Waals surface area contributed by atoms with Gasteiger partial charge in [-0.05, 0) is 12.8 Å². The highest BCUT2D eigenvalue weighted by Crippen LogP contribution is 2.30. The first-order valence-corrected chi connectivity index (χ1v) is 7.61. The molecule has 1 aliphatic heterocycles. The summed E-state index contributed by atoms with van der Waals surface area (Å²) < 4.78 is 5.29. The van der Waals surface area contributed by atoms with Gasteiger partial charge < -0.3 is 9.84 Å². The maximum atomic E-state index is 5.29. The number of thioether (sulfide) groups is 1. The van der Waals surface area contributed by atoms with Crippen LogP contribution in [0.15, 0.2) is 4.52 Å². The fraction of sp³-hybridized carbons (Fsp3) is 0.833. The van der Waals surface area contributed by atoms with E-state index in [1.807, 2.05) is 11.8 Å². The first-order valence-electron chi connectivity index (χ1n) is 6.56. The van der Waals surface area contributed by atoms with E-state index in [4.69, 9.17) is 4.52 Å². The normalized spacial score (nSPS) is 22.6. The number of hydrogen-bond donors (Lipinski definition) is 1. The Bertz CT molecular complexity index is 358. The van der Waals surface area contributed by atoms with Gasteiger partial charge in [-0.25, -0.2) is 0 Å². The second kappa shape index (κ2) is 5.40. The van der Waals surface area contributed by atoms with E-state index in [2.05, 4.69) is 15.5 Å². The van der Waals surface area contributed by atoms with E-state index in [0.29, 0.717) is 5.92 Å². The van der Waals surface area contributed by atoms with Gasteiger partial charge >= 0.3 is 0 Å². The summed E-state index contributed by atoms with van der Waals surface area (Å²) in [5.74, 6) is 3.07. The summed E-state index contributed by atoms with van der Waals surface area (Å²) in [6.07, 6.45) is 6.92. The molecule has 3 rings (SSSR count). The van der Waals surface area contributed by atoms with Crippen molar-refractivity contribution in [3.63, 3.8) is 0 Å². The van der Waals surface area contributed by atoms with Crippen LogP contribution >= 0.6 is 11.8 Å². The molecule has 0 bridgehead atoms. The van der Waals surface area contributed by atoms with Crippen LogP contribution < -0.4 is 5.32 Å². The lowest BCUT2D eigenvalue weighted by Gasteiger charge is -2.22. The van der Waals surface area contributed by atoms with Crippen LogP contribution in [0.4, 0.5) is 0 Å². The first-order chi connectivity index (χ1) is 8.42. The van der Waals surface area contributed by atoms with E-state index >= 15 is 0 Å². The van der Waals surface area contributed by atoms with Crippen LogP contribution in [0.1, 0.15) is 49.7 Å². The molecule has 0 radical (unpaired) electrons. The van der Waals surface area contributed by atoms with Crippen molar-refractivity contribution in [2.75, 3.05) is 13.1 Å². The highest BCUT2D eigenvalue weighted by Gasteiger charge is 2.25. The number of aromatic nitrogens is 2. The minimum absolute atomic E-state index is 0.455. The smallest absolute Gasteiger partial charge is 0.232 e. The molecule has 1 aromatic heterocycles. The summed E-state index contributed by atoms with van der Waals surface area (Å²) in [7, 11) is 0. The van der Waals surface area contributed by atoms with E-state index in [1.54, 1.807) is 0 Å². The number of rotatable bonds is 4. The maximum Gasteiger partial charge on any atom is 0.232 e. The van der Waals surface area contributed by atoms with E-state index in [9.17, 15) is 0 Å². The molecular formula is C12H19N3OS. The Balaban J connectivity index is 1.48. The molecule has 1 saturated heterocycles. The summed E-state index contributed by atoms with van der Waals surface area (Å²) in [5, 5.41) is 8.10. The minimum Gasteiger partial charge on any atom is -0.339 e. The van der Waals surface area contributed by atoms with Crippen LogP contribution in [-0.4, -0.2) is 28.5 Å². The van der Waals surface area contributed by atoms with Crippen LogP contribution in [-0.2, 0) is 5.75 Å². The monoisotopic (exact) mass is 253 g/mol. The molecule has 4 nitrogen and oxygen atoms in total. The van der Waals surface area contributed by atoms with Gasteiger partial charge in [0.2, 0.25) is 5.89 Å². The van der Waals surface area contributed by atoms with Gasteiger partial charge in [-0.1, -0.05) is 24.4 Å². The van der Waals surface area contributed by atoms with Gasteiger partial charge in [-0.2, -0.15) is 16.7 Å². The molecule has 0 amide bonds. The SMILES string of the molecule is C1CCC(SCc2noc(C3CNC3)n2)CC1. The molecule has 1 saturated carbocycles. The van der Waals surface area contributed by atoms with Gasteiger partial charge in [-0.3, -0.25) is 0 Å². The predicted octanol–water partition coefficient (Wildman–Crippen LogP) is 2.32. The quantitative estimate of drug-likeness (QED) is 0.892. The molecule has 94 valence electrons. The largest absolute Gasteiger partial charge is 0.339 e. The molecule has 0 atom stereocenters. The second-order valence-electron chi connectivity index (χ2n) is 4.98. The zero-order valence-corrected chi connectivity index (χ0v) is 10.8. The Labute approximate surface area is 106 Å². The van der Waals surface area contributed by atoms with Crippen LogP contribution in [0, 0.1) is 0 Å². The standard InChI is InChI=1S/C12H19N3OS/c1-2-4-10(5-3-1)17-8-11-14-12(16-15-11)9-6-13-7-9/h9-10,13H,1-8H2. The van der Waals surface area contributed by atoms with Crippen LogP contribution in [0.5, 0.6) is 0 Å². The molecule has 0 aromatic carbocycles. The summed E-state index contributed by atoms with van der Waals surface area (Å²) in [6, 6.07) is 0. The number of nitrogens with one attached hydrogen (secondary N) is 1. The molecule has 2 fully saturated rings. The minimum atomic E-state index is 0.455. The molecule has 1 N–H and O–H groups in total.